The smallest absolute Gasteiger partial charge is 0.0184 e. The van der Waals surface area contributed by atoms with E-state index in [1.807, 2.05) is 12.1 Å². The summed E-state index contributed by atoms with van der Waals surface area (Å²) in [6, 6.07) is 20.9. The molecule has 2 aromatic rings. The monoisotopic (exact) mass is 256 g/mol. The summed E-state index contributed by atoms with van der Waals surface area (Å²) in [5, 5.41) is 0. The van der Waals surface area contributed by atoms with E-state index in [9.17, 15) is 0 Å². The third-order valence-electron chi connectivity index (χ3n) is 3.32. The van der Waals surface area contributed by atoms with E-state index in [0.29, 0.717) is 0 Å². The topological polar surface area (TPSA) is 0 Å². The number of hydrogen-bond donors (Lipinski definition) is 0. The zero-order chi connectivity index (χ0) is 13.6. The van der Waals surface area contributed by atoms with E-state index in [4.69, 9.17) is 0 Å². The number of allylic oxidation sites excluding steroid dienone is 8. The molecule has 0 nitrogen and oxygen atoms in total. The average molecular weight is 256 g/mol. The fourth-order valence-corrected chi connectivity index (χ4v) is 2.26. The van der Waals surface area contributed by atoms with Crippen molar-refractivity contribution in [3.63, 3.8) is 0 Å². The van der Waals surface area contributed by atoms with Crippen LogP contribution in [0.3, 0.4) is 0 Å². The molecule has 0 fully saturated rings. The lowest BCUT2D eigenvalue weighted by molar-refractivity contribution is 1.59. The molecule has 0 heterocycles. The molecule has 1 aliphatic carbocycles. The van der Waals surface area contributed by atoms with E-state index in [-0.39, 0.29) is 0 Å². The lowest BCUT2D eigenvalue weighted by Crippen LogP contribution is -1.84. The minimum Gasteiger partial charge on any atom is -0.0622 e. The normalized spacial score (nSPS) is 22.6. The van der Waals surface area contributed by atoms with Gasteiger partial charge in [0.1, 0.15) is 0 Å². The van der Waals surface area contributed by atoms with Gasteiger partial charge in [0.2, 0.25) is 0 Å². The van der Waals surface area contributed by atoms with E-state index >= 15 is 0 Å². The van der Waals surface area contributed by atoms with E-state index in [2.05, 4.69) is 85.0 Å². The minimum absolute atomic E-state index is 1.23. The van der Waals surface area contributed by atoms with Gasteiger partial charge in [-0.05, 0) is 22.3 Å². The average Bonchev–Trinajstić information content (AvgIpc) is 2.49. The van der Waals surface area contributed by atoms with Crippen LogP contribution in [0.15, 0.2) is 97.1 Å². The summed E-state index contributed by atoms with van der Waals surface area (Å²) in [7, 11) is 0. The first-order chi connectivity index (χ1) is 9.93. The predicted molar refractivity (Wildman–Crippen MR) is 87.1 cm³/mol. The highest BCUT2D eigenvalue weighted by atomic mass is 14.0. The third-order valence-corrected chi connectivity index (χ3v) is 3.32. The molecule has 0 saturated carbocycles. The highest BCUT2D eigenvalue weighted by Crippen LogP contribution is 2.22. The van der Waals surface area contributed by atoms with Crippen LogP contribution in [0.25, 0.3) is 11.1 Å². The van der Waals surface area contributed by atoms with Crippen LogP contribution in [0.2, 0.25) is 0 Å². The molecule has 0 aliphatic heterocycles. The molecule has 0 heteroatoms. The Morgan fingerprint density at radius 3 is 1.25 bits per heavy atom. The standard InChI is InChI=1S/C20H16/c1-3-9-17(10-4-1)19-13-7-8-14-20(16-15-19)18-11-5-2-6-12-18/h1-16H/b8-7?,13-7-,14-8-,16-15?,19-13?,19-15+,20-14?,20-16+. The van der Waals surface area contributed by atoms with Gasteiger partial charge in [-0.2, -0.15) is 0 Å². The number of hydrogen-bond acceptors (Lipinski definition) is 0. The van der Waals surface area contributed by atoms with Gasteiger partial charge < -0.3 is 0 Å². The molecule has 0 aromatic heterocycles. The van der Waals surface area contributed by atoms with E-state index < -0.39 is 0 Å². The van der Waals surface area contributed by atoms with Crippen LogP contribution in [0.1, 0.15) is 11.1 Å². The quantitative estimate of drug-likeness (QED) is 0.685. The van der Waals surface area contributed by atoms with Gasteiger partial charge in [0.05, 0.1) is 0 Å². The van der Waals surface area contributed by atoms with Crippen molar-refractivity contribution in [2.24, 2.45) is 0 Å². The number of benzene rings is 2. The second kappa shape index (κ2) is 6.03. The first-order valence-electron chi connectivity index (χ1n) is 6.81. The van der Waals surface area contributed by atoms with Crippen LogP contribution < -0.4 is 0 Å². The van der Waals surface area contributed by atoms with Crippen molar-refractivity contribution in [3.05, 3.63) is 108 Å². The molecule has 0 radical (unpaired) electrons. The van der Waals surface area contributed by atoms with Crippen molar-refractivity contribution in [2.75, 3.05) is 0 Å². The molecular formula is C20H16. The molecule has 0 saturated heterocycles. The maximum absolute atomic E-state index is 2.18. The predicted octanol–water partition coefficient (Wildman–Crippen LogP) is 5.28. The molecule has 0 N–H and O–H groups in total. The SMILES string of the molecule is C1=C\C(c2ccccc2)=C/C=C(c2ccccc2)\C=C/1. The Balaban J connectivity index is 1.99. The summed E-state index contributed by atoms with van der Waals surface area (Å²) in [5.74, 6) is 0. The third kappa shape index (κ3) is 2.86. The van der Waals surface area contributed by atoms with E-state index in [0.717, 1.165) is 0 Å². The maximum atomic E-state index is 2.18. The van der Waals surface area contributed by atoms with Crippen molar-refractivity contribution in [1.82, 2.24) is 0 Å². The molecule has 0 unspecified atom stereocenters. The lowest BCUT2D eigenvalue weighted by atomic mass is 9.99. The van der Waals surface area contributed by atoms with Gasteiger partial charge in [-0.25, -0.2) is 0 Å². The summed E-state index contributed by atoms with van der Waals surface area (Å²) < 4.78 is 0. The van der Waals surface area contributed by atoms with Crippen molar-refractivity contribution in [2.45, 2.75) is 0 Å². The molecule has 0 bridgehead atoms. The van der Waals surface area contributed by atoms with Crippen molar-refractivity contribution < 1.29 is 0 Å². The molecule has 20 heavy (non-hydrogen) atoms. The summed E-state index contributed by atoms with van der Waals surface area (Å²) in [5.41, 5.74) is 4.93. The van der Waals surface area contributed by atoms with Gasteiger partial charge in [0.25, 0.3) is 0 Å². The maximum Gasteiger partial charge on any atom is -0.0184 e. The zero-order valence-corrected chi connectivity index (χ0v) is 11.2. The molecule has 3 rings (SSSR count). The van der Waals surface area contributed by atoms with Gasteiger partial charge in [0, 0.05) is 0 Å². The van der Waals surface area contributed by atoms with Crippen molar-refractivity contribution in [1.29, 1.82) is 0 Å². The Morgan fingerprint density at radius 1 is 0.450 bits per heavy atom. The van der Waals surface area contributed by atoms with Gasteiger partial charge in [-0.1, -0.05) is 97.1 Å². The second-order valence-corrected chi connectivity index (χ2v) is 4.69. The van der Waals surface area contributed by atoms with Gasteiger partial charge in [-0.15, -0.1) is 0 Å². The molecule has 1 aliphatic rings. The fourth-order valence-electron chi connectivity index (χ4n) is 2.26. The van der Waals surface area contributed by atoms with Crippen LogP contribution in [-0.4, -0.2) is 0 Å². The van der Waals surface area contributed by atoms with Crippen molar-refractivity contribution in [3.8, 4) is 0 Å². The van der Waals surface area contributed by atoms with Crippen LogP contribution in [0.5, 0.6) is 0 Å². The Kier molecular flexibility index (Phi) is 3.75. The number of rotatable bonds is 2. The lowest BCUT2D eigenvalue weighted by Gasteiger charge is -2.05. The largest absolute Gasteiger partial charge is 0.0622 e. The van der Waals surface area contributed by atoms with Crippen molar-refractivity contribution >= 4 is 11.1 Å². The first kappa shape index (κ1) is 12.4. The van der Waals surface area contributed by atoms with Gasteiger partial charge >= 0.3 is 0 Å². The summed E-state index contributed by atoms with van der Waals surface area (Å²) in [6.45, 7) is 0. The first-order valence-corrected chi connectivity index (χ1v) is 6.81. The molecule has 0 spiro atoms. The Bertz CT molecular complexity index is 620. The second-order valence-electron chi connectivity index (χ2n) is 4.69. The van der Waals surface area contributed by atoms with Gasteiger partial charge in [-0.3, -0.25) is 0 Å². The summed E-state index contributed by atoms with van der Waals surface area (Å²) in [6.07, 6.45) is 12.8. The fraction of sp³-hybridized carbons (Fsp3) is 0. The Morgan fingerprint density at radius 2 is 0.850 bits per heavy atom. The van der Waals surface area contributed by atoms with E-state index in [1.165, 1.54) is 22.3 Å². The summed E-state index contributed by atoms with van der Waals surface area (Å²) >= 11 is 0. The zero-order valence-electron chi connectivity index (χ0n) is 11.2. The summed E-state index contributed by atoms with van der Waals surface area (Å²) in [4.78, 5) is 0. The highest BCUT2D eigenvalue weighted by molar-refractivity contribution is 5.82. The van der Waals surface area contributed by atoms with Crippen LogP contribution in [-0.2, 0) is 0 Å². The highest BCUT2D eigenvalue weighted by Gasteiger charge is 1.99. The van der Waals surface area contributed by atoms with Crippen LogP contribution in [0.4, 0.5) is 0 Å². The molecule has 0 amide bonds. The Labute approximate surface area is 120 Å². The van der Waals surface area contributed by atoms with Crippen LogP contribution in [0, 0.1) is 0 Å². The molecule has 96 valence electrons. The molecular weight excluding hydrogens is 240 g/mol. The van der Waals surface area contributed by atoms with Crippen LogP contribution >= 0.6 is 0 Å². The Hall–Kier alpha value is -2.60. The van der Waals surface area contributed by atoms with E-state index in [1.54, 1.807) is 0 Å². The minimum atomic E-state index is 1.23. The molecule has 2 aromatic carbocycles. The molecule has 0 atom stereocenters. The van der Waals surface area contributed by atoms with Gasteiger partial charge in [0.15, 0.2) is 0 Å².